The predicted molar refractivity (Wildman–Crippen MR) is 271 cm³/mol. The van der Waals surface area contributed by atoms with Gasteiger partial charge in [-0.15, -0.1) is 0 Å². The number of nitrogens with zero attached hydrogens (tertiary/aromatic N) is 3. The Morgan fingerprint density at radius 3 is 1.61 bits per heavy atom. The van der Waals surface area contributed by atoms with Crippen molar-refractivity contribution >= 4 is 55.7 Å². The summed E-state index contributed by atoms with van der Waals surface area (Å²) in [5.41, 5.74) is 19.9. The second-order valence-corrected chi connectivity index (χ2v) is 17.3. The predicted octanol–water partition coefficient (Wildman–Crippen LogP) is 16.2. The quantitative estimate of drug-likeness (QED) is 0.149. The highest BCUT2D eigenvalue weighted by Crippen LogP contribution is 2.42. The first-order valence-corrected chi connectivity index (χ1v) is 22.6. The van der Waals surface area contributed by atoms with E-state index in [1.807, 2.05) is 0 Å². The van der Waals surface area contributed by atoms with Gasteiger partial charge < -0.3 is 14.0 Å². The molecule has 3 heteroatoms. The van der Waals surface area contributed by atoms with Crippen LogP contribution in [0.15, 0.2) is 224 Å². The lowest BCUT2D eigenvalue weighted by molar-refractivity contribution is 0.715. The number of rotatable bonds is 8. The SMILES string of the molecule is CC1CC(N(c2ccc(-c3ccccc3)cc2)c2ccc(-c3ccc(-n4c5ccccc5c5ccccc54)cc3)cc2)=CC=C1c1cccc(-n2c3c(c4ccccc42)CCC=C3)c1. The maximum atomic E-state index is 2.46. The number of fused-ring (bicyclic) bond motifs is 6. The Kier molecular flexibility index (Phi) is 9.34. The van der Waals surface area contributed by atoms with Crippen LogP contribution in [0.2, 0.25) is 0 Å². The topological polar surface area (TPSA) is 13.1 Å². The molecule has 0 amide bonds. The van der Waals surface area contributed by atoms with E-state index in [1.54, 1.807) is 0 Å². The molecule has 0 bridgehead atoms. The lowest BCUT2D eigenvalue weighted by atomic mass is 9.86. The molecule has 306 valence electrons. The summed E-state index contributed by atoms with van der Waals surface area (Å²) < 4.78 is 4.84. The molecule has 10 aromatic rings. The number of para-hydroxylation sites is 3. The van der Waals surface area contributed by atoms with E-state index in [0.717, 1.165) is 36.3 Å². The van der Waals surface area contributed by atoms with Gasteiger partial charge in [0.1, 0.15) is 0 Å². The first kappa shape index (κ1) is 37.8. The molecular weight excluding hydrogens is 775 g/mol. The first-order chi connectivity index (χ1) is 31.7. The minimum absolute atomic E-state index is 0.309. The first-order valence-electron chi connectivity index (χ1n) is 22.6. The maximum Gasteiger partial charge on any atom is 0.0541 e. The van der Waals surface area contributed by atoms with E-state index in [2.05, 4.69) is 245 Å². The molecule has 2 heterocycles. The molecule has 3 nitrogen and oxygen atoms in total. The molecule has 2 aliphatic rings. The molecule has 64 heavy (non-hydrogen) atoms. The molecule has 8 aromatic carbocycles. The zero-order chi connectivity index (χ0) is 42.6. The minimum atomic E-state index is 0.309. The summed E-state index contributed by atoms with van der Waals surface area (Å²) in [6, 6.07) is 73.3. The smallest absolute Gasteiger partial charge is 0.0541 e. The van der Waals surface area contributed by atoms with Crippen LogP contribution in [0.4, 0.5) is 11.4 Å². The average Bonchev–Trinajstić information content (AvgIpc) is 3.88. The maximum absolute atomic E-state index is 2.46. The molecule has 0 spiro atoms. The Morgan fingerprint density at radius 1 is 0.453 bits per heavy atom. The fourth-order valence-corrected chi connectivity index (χ4v) is 10.4. The Labute approximate surface area is 374 Å². The summed E-state index contributed by atoms with van der Waals surface area (Å²) in [7, 11) is 0. The van der Waals surface area contributed by atoms with E-state index in [0.29, 0.717) is 5.92 Å². The fraction of sp³-hybridized carbons (Fsp3) is 0.0820. The monoisotopic (exact) mass is 821 g/mol. The van der Waals surface area contributed by atoms with Crippen LogP contribution < -0.4 is 4.90 Å². The van der Waals surface area contributed by atoms with Gasteiger partial charge in [0.2, 0.25) is 0 Å². The summed E-state index contributed by atoms with van der Waals surface area (Å²) in [5.74, 6) is 0.309. The van der Waals surface area contributed by atoms with E-state index < -0.39 is 0 Å². The lowest BCUT2D eigenvalue weighted by Gasteiger charge is -2.32. The molecule has 1 unspecified atom stereocenters. The van der Waals surface area contributed by atoms with Gasteiger partial charge in [-0.1, -0.05) is 153 Å². The average molecular weight is 822 g/mol. The Bertz CT molecular complexity index is 3400. The van der Waals surface area contributed by atoms with Crippen LogP contribution in [-0.4, -0.2) is 9.13 Å². The van der Waals surface area contributed by atoms with E-state index in [9.17, 15) is 0 Å². The van der Waals surface area contributed by atoms with E-state index in [-0.39, 0.29) is 0 Å². The summed E-state index contributed by atoms with van der Waals surface area (Å²) >= 11 is 0. The van der Waals surface area contributed by atoms with Crippen LogP contribution >= 0.6 is 0 Å². The van der Waals surface area contributed by atoms with Crippen LogP contribution in [0.3, 0.4) is 0 Å². The van der Waals surface area contributed by atoms with Crippen molar-refractivity contribution in [1.29, 1.82) is 0 Å². The molecule has 1 atom stereocenters. The van der Waals surface area contributed by atoms with Crippen LogP contribution in [0, 0.1) is 5.92 Å². The zero-order valence-corrected chi connectivity index (χ0v) is 35.9. The molecule has 12 rings (SSSR count). The van der Waals surface area contributed by atoms with Crippen molar-refractivity contribution in [2.45, 2.75) is 26.2 Å². The highest BCUT2D eigenvalue weighted by Gasteiger charge is 2.24. The number of anilines is 2. The minimum Gasteiger partial charge on any atom is -0.314 e. The third kappa shape index (κ3) is 6.51. The van der Waals surface area contributed by atoms with Crippen LogP contribution in [0.25, 0.3) is 78.0 Å². The summed E-state index contributed by atoms with van der Waals surface area (Å²) in [5, 5.41) is 3.92. The number of aryl methyl sites for hydroxylation is 1. The molecule has 0 aliphatic heterocycles. The normalized spacial score (nSPS) is 14.7. The standard InChI is InChI=1S/C61H47N3/c1-42-40-52(38-39-53(42)47-16-13-17-51(41-47)64-60-24-11-7-20-56(60)57-21-8-12-25-61(57)64)62(48-32-26-44(27-33-48)43-14-3-2-4-15-43)49-34-28-45(29-35-49)46-30-36-50(37-31-46)63-58-22-9-5-18-54(58)55-19-6-10-23-59(55)63/h2-7,9-20,22-39,41-42H,8,21,40H2,1H3. The zero-order valence-electron chi connectivity index (χ0n) is 35.9. The van der Waals surface area contributed by atoms with Gasteiger partial charge in [-0.05, 0) is 143 Å². The third-order valence-electron chi connectivity index (χ3n) is 13.5. The van der Waals surface area contributed by atoms with Crippen molar-refractivity contribution in [3.8, 4) is 33.6 Å². The molecule has 0 N–H and O–H groups in total. The van der Waals surface area contributed by atoms with E-state index >= 15 is 0 Å². The van der Waals surface area contributed by atoms with Crippen molar-refractivity contribution in [2.75, 3.05) is 4.90 Å². The van der Waals surface area contributed by atoms with Crippen LogP contribution in [0.1, 0.15) is 36.6 Å². The number of aromatic nitrogens is 2. The van der Waals surface area contributed by atoms with Crippen molar-refractivity contribution < 1.29 is 0 Å². The van der Waals surface area contributed by atoms with Crippen LogP contribution in [0.5, 0.6) is 0 Å². The van der Waals surface area contributed by atoms with Crippen molar-refractivity contribution in [3.63, 3.8) is 0 Å². The van der Waals surface area contributed by atoms with E-state index in [1.165, 1.54) is 88.7 Å². The summed E-state index contributed by atoms with van der Waals surface area (Å²) in [4.78, 5) is 2.45. The number of hydrogen-bond donors (Lipinski definition) is 0. The summed E-state index contributed by atoms with van der Waals surface area (Å²) in [6.07, 6.45) is 12.4. The van der Waals surface area contributed by atoms with E-state index in [4.69, 9.17) is 0 Å². The number of allylic oxidation sites excluding steroid dienone is 5. The highest BCUT2D eigenvalue weighted by atomic mass is 15.1. The number of benzene rings is 8. The second-order valence-electron chi connectivity index (χ2n) is 17.3. The van der Waals surface area contributed by atoms with Gasteiger partial charge in [0.25, 0.3) is 0 Å². The molecule has 0 saturated heterocycles. The van der Waals surface area contributed by atoms with Crippen molar-refractivity contribution in [1.82, 2.24) is 9.13 Å². The van der Waals surface area contributed by atoms with Gasteiger partial charge in [0.15, 0.2) is 0 Å². The lowest BCUT2D eigenvalue weighted by Crippen LogP contribution is -2.20. The van der Waals surface area contributed by atoms with Gasteiger partial charge in [-0.25, -0.2) is 0 Å². The summed E-state index contributed by atoms with van der Waals surface area (Å²) in [6.45, 7) is 2.38. The molecule has 2 aromatic heterocycles. The Morgan fingerprint density at radius 2 is 0.984 bits per heavy atom. The van der Waals surface area contributed by atoms with Gasteiger partial charge in [0.05, 0.1) is 16.6 Å². The van der Waals surface area contributed by atoms with Gasteiger partial charge >= 0.3 is 0 Å². The molecule has 0 fully saturated rings. The molecule has 2 aliphatic carbocycles. The second kappa shape index (κ2) is 15.8. The van der Waals surface area contributed by atoms with Crippen molar-refractivity contribution in [2.24, 2.45) is 5.92 Å². The largest absolute Gasteiger partial charge is 0.314 e. The van der Waals surface area contributed by atoms with Gasteiger partial charge in [-0.3, -0.25) is 0 Å². The molecule has 0 radical (unpaired) electrons. The molecular formula is C61H47N3. The fourth-order valence-electron chi connectivity index (χ4n) is 10.4. The van der Waals surface area contributed by atoms with Gasteiger partial charge in [0, 0.05) is 50.3 Å². The van der Waals surface area contributed by atoms with Crippen molar-refractivity contribution in [3.05, 3.63) is 241 Å². The van der Waals surface area contributed by atoms with Crippen LogP contribution in [-0.2, 0) is 6.42 Å². The Hall–Kier alpha value is -7.88. The highest BCUT2D eigenvalue weighted by molar-refractivity contribution is 6.09. The number of hydrogen-bond acceptors (Lipinski definition) is 1. The van der Waals surface area contributed by atoms with Gasteiger partial charge in [-0.2, -0.15) is 0 Å². The third-order valence-corrected chi connectivity index (χ3v) is 13.5. The Balaban J connectivity index is 0.889. The molecule has 0 saturated carbocycles.